The standard InChI is InChI=1S/C17H19N5O/c1-12(2)23-17-6-4-5-14(21-17)20-15-10-22(11-19-15)16-9-13(3)7-8-18-16/h4-12H,1-3H3,(H,20,21). The zero-order valence-corrected chi connectivity index (χ0v) is 13.4. The second-order valence-electron chi connectivity index (χ2n) is 5.51. The summed E-state index contributed by atoms with van der Waals surface area (Å²) in [5.74, 6) is 2.80. The number of aromatic nitrogens is 4. The fourth-order valence-electron chi connectivity index (χ4n) is 2.10. The highest BCUT2D eigenvalue weighted by Crippen LogP contribution is 2.18. The van der Waals surface area contributed by atoms with E-state index in [1.165, 1.54) is 0 Å². The molecule has 0 aromatic carbocycles. The van der Waals surface area contributed by atoms with Crippen LogP contribution in [0, 0.1) is 6.92 Å². The minimum absolute atomic E-state index is 0.0874. The number of anilines is 2. The highest BCUT2D eigenvalue weighted by atomic mass is 16.5. The van der Waals surface area contributed by atoms with E-state index in [9.17, 15) is 0 Å². The highest BCUT2D eigenvalue weighted by Gasteiger charge is 2.05. The molecular weight excluding hydrogens is 290 g/mol. The van der Waals surface area contributed by atoms with Crippen LogP contribution in [0.3, 0.4) is 0 Å². The number of pyridine rings is 2. The van der Waals surface area contributed by atoms with Gasteiger partial charge in [0.05, 0.1) is 12.3 Å². The predicted octanol–water partition coefficient (Wildman–Crippen LogP) is 3.50. The lowest BCUT2D eigenvalue weighted by Gasteiger charge is -2.09. The van der Waals surface area contributed by atoms with Crippen molar-refractivity contribution in [2.24, 2.45) is 0 Å². The van der Waals surface area contributed by atoms with E-state index in [4.69, 9.17) is 4.74 Å². The Balaban J connectivity index is 1.77. The molecule has 23 heavy (non-hydrogen) atoms. The Labute approximate surface area is 135 Å². The molecule has 0 amide bonds. The first-order chi connectivity index (χ1) is 11.1. The molecule has 0 bridgehead atoms. The zero-order valence-electron chi connectivity index (χ0n) is 13.4. The lowest BCUT2D eigenvalue weighted by atomic mass is 10.3. The molecule has 0 saturated carbocycles. The van der Waals surface area contributed by atoms with E-state index < -0.39 is 0 Å². The summed E-state index contributed by atoms with van der Waals surface area (Å²) < 4.78 is 7.46. The topological polar surface area (TPSA) is 64.9 Å². The molecule has 0 spiro atoms. The van der Waals surface area contributed by atoms with Crippen LogP contribution in [0.1, 0.15) is 19.4 Å². The lowest BCUT2D eigenvalue weighted by molar-refractivity contribution is 0.233. The first-order valence-corrected chi connectivity index (χ1v) is 7.48. The van der Waals surface area contributed by atoms with Crippen molar-refractivity contribution in [1.82, 2.24) is 19.5 Å². The fourth-order valence-corrected chi connectivity index (χ4v) is 2.10. The maximum atomic E-state index is 5.59. The van der Waals surface area contributed by atoms with E-state index >= 15 is 0 Å². The molecule has 6 heteroatoms. The minimum atomic E-state index is 0.0874. The Hall–Kier alpha value is -2.89. The first-order valence-electron chi connectivity index (χ1n) is 7.48. The van der Waals surface area contributed by atoms with Crippen LogP contribution >= 0.6 is 0 Å². The molecule has 6 nitrogen and oxygen atoms in total. The SMILES string of the molecule is Cc1ccnc(-n2cnc(Nc3cccc(OC(C)C)n3)c2)c1. The smallest absolute Gasteiger partial charge is 0.215 e. The van der Waals surface area contributed by atoms with Crippen LogP contribution in [-0.4, -0.2) is 25.6 Å². The monoisotopic (exact) mass is 309 g/mol. The Bertz CT molecular complexity index is 797. The third kappa shape index (κ3) is 3.85. The van der Waals surface area contributed by atoms with E-state index in [0.29, 0.717) is 17.5 Å². The van der Waals surface area contributed by atoms with Gasteiger partial charge in [-0.3, -0.25) is 4.57 Å². The van der Waals surface area contributed by atoms with Gasteiger partial charge in [0.25, 0.3) is 0 Å². The molecule has 0 aliphatic rings. The van der Waals surface area contributed by atoms with Crippen LogP contribution in [0.15, 0.2) is 49.1 Å². The van der Waals surface area contributed by atoms with Crippen molar-refractivity contribution >= 4 is 11.6 Å². The molecular formula is C17H19N5O. The maximum Gasteiger partial charge on any atom is 0.215 e. The molecule has 0 unspecified atom stereocenters. The molecule has 0 radical (unpaired) electrons. The molecule has 3 aromatic rings. The van der Waals surface area contributed by atoms with E-state index in [-0.39, 0.29) is 6.10 Å². The number of hydrogen-bond donors (Lipinski definition) is 1. The average molecular weight is 309 g/mol. The van der Waals surface area contributed by atoms with Gasteiger partial charge in [0, 0.05) is 12.3 Å². The number of rotatable bonds is 5. The largest absolute Gasteiger partial charge is 0.475 e. The third-order valence-electron chi connectivity index (χ3n) is 3.08. The average Bonchev–Trinajstić information content (AvgIpc) is 2.95. The Morgan fingerprint density at radius 2 is 2.00 bits per heavy atom. The summed E-state index contributed by atoms with van der Waals surface area (Å²) in [5, 5.41) is 3.17. The van der Waals surface area contributed by atoms with Crippen molar-refractivity contribution in [3.8, 4) is 11.7 Å². The molecule has 0 saturated heterocycles. The van der Waals surface area contributed by atoms with Crippen molar-refractivity contribution in [2.45, 2.75) is 26.9 Å². The Morgan fingerprint density at radius 1 is 1.13 bits per heavy atom. The van der Waals surface area contributed by atoms with Crippen LogP contribution in [0.5, 0.6) is 5.88 Å². The van der Waals surface area contributed by atoms with E-state index in [2.05, 4.69) is 20.3 Å². The number of hydrogen-bond acceptors (Lipinski definition) is 5. The van der Waals surface area contributed by atoms with E-state index in [1.807, 2.05) is 61.9 Å². The number of nitrogens with zero attached hydrogens (tertiary/aromatic N) is 4. The normalized spacial score (nSPS) is 10.8. The lowest BCUT2D eigenvalue weighted by Crippen LogP contribution is -2.07. The van der Waals surface area contributed by atoms with Crippen molar-refractivity contribution in [3.63, 3.8) is 0 Å². The molecule has 0 aliphatic carbocycles. The highest BCUT2D eigenvalue weighted by molar-refractivity contribution is 5.52. The van der Waals surface area contributed by atoms with Crippen molar-refractivity contribution < 1.29 is 4.74 Å². The van der Waals surface area contributed by atoms with Crippen LogP contribution in [0.4, 0.5) is 11.6 Å². The van der Waals surface area contributed by atoms with Gasteiger partial charge in [-0.05, 0) is 44.5 Å². The second kappa shape index (κ2) is 6.48. The molecule has 3 aromatic heterocycles. The number of nitrogens with one attached hydrogen (secondary N) is 1. The summed E-state index contributed by atoms with van der Waals surface area (Å²) in [5.41, 5.74) is 1.15. The van der Waals surface area contributed by atoms with Crippen LogP contribution in [0.2, 0.25) is 0 Å². The molecule has 3 rings (SSSR count). The summed E-state index contributed by atoms with van der Waals surface area (Å²) in [4.78, 5) is 13.1. The van der Waals surface area contributed by atoms with E-state index in [1.54, 1.807) is 12.5 Å². The maximum absolute atomic E-state index is 5.59. The van der Waals surface area contributed by atoms with Crippen molar-refractivity contribution in [2.75, 3.05) is 5.32 Å². The van der Waals surface area contributed by atoms with Gasteiger partial charge in [-0.25, -0.2) is 9.97 Å². The van der Waals surface area contributed by atoms with Crippen LogP contribution in [-0.2, 0) is 0 Å². The summed E-state index contributed by atoms with van der Waals surface area (Å²) in [6.07, 6.45) is 5.47. The molecule has 118 valence electrons. The van der Waals surface area contributed by atoms with Crippen molar-refractivity contribution in [1.29, 1.82) is 0 Å². The predicted molar refractivity (Wildman–Crippen MR) is 89.4 cm³/mol. The van der Waals surface area contributed by atoms with Gasteiger partial charge in [-0.2, -0.15) is 4.98 Å². The molecule has 0 aliphatic heterocycles. The summed E-state index contributed by atoms with van der Waals surface area (Å²) in [6.45, 7) is 5.97. The van der Waals surface area contributed by atoms with Crippen molar-refractivity contribution in [3.05, 3.63) is 54.6 Å². The quantitative estimate of drug-likeness (QED) is 0.781. The third-order valence-corrected chi connectivity index (χ3v) is 3.08. The molecule has 1 N–H and O–H groups in total. The zero-order chi connectivity index (χ0) is 16.2. The molecule has 0 fully saturated rings. The first kappa shape index (κ1) is 15.0. The number of ether oxygens (including phenoxy) is 1. The van der Waals surface area contributed by atoms with Gasteiger partial charge in [-0.15, -0.1) is 0 Å². The van der Waals surface area contributed by atoms with Gasteiger partial charge >= 0.3 is 0 Å². The van der Waals surface area contributed by atoms with Gasteiger partial charge in [-0.1, -0.05) is 6.07 Å². The number of imidazole rings is 1. The second-order valence-corrected chi connectivity index (χ2v) is 5.51. The Morgan fingerprint density at radius 3 is 2.78 bits per heavy atom. The van der Waals surface area contributed by atoms with E-state index in [0.717, 1.165) is 11.4 Å². The molecule has 3 heterocycles. The van der Waals surface area contributed by atoms with Crippen LogP contribution < -0.4 is 10.1 Å². The fraction of sp³-hybridized carbons (Fsp3) is 0.235. The van der Waals surface area contributed by atoms with Crippen LogP contribution in [0.25, 0.3) is 5.82 Å². The van der Waals surface area contributed by atoms with Gasteiger partial charge < -0.3 is 10.1 Å². The minimum Gasteiger partial charge on any atom is -0.475 e. The molecule has 0 atom stereocenters. The Kier molecular flexibility index (Phi) is 4.23. The van der Waals surface area contributed by atoms with Gasteiger partial charge in [0.2, 0.25) is 5.88 Å². The van der Waals surface area contributed by atoms with Gasteiger partial charge in [0.1, 0.15) is 23.8 Å². The summed E-state index contributed by atoms with van der Waals surface area (Å²) >= 11 is 0. The number of aryl methyl sites for hydroxylation is 1. The summed E-state index contributed by atoms with van der Waals surface area (Å²) in [6, 6.07) is 9.56. The van der Waals surface area contributed by atoms with Gasteiger partial charge in [0.15, 0.2) is 0 Å². The summed E-state index contributed by atoms with van der Waals surface area (Å²) in [7, 11) is 0.